The van der Waals surface area contributed by atoms with Crippen molar-refractivity contribution in [2.24, 2.45) is 0 Å². The number of hydrogen-bond donors (Lipinski definition) is 0. The normalized spacial score (nSPS) is 15.7. The van der Waals surface area contributed by atoms with Gasteiger partial charge in [-0.05, 0) is 48.2 Å². The smallest absolute Gasteiger partial charge is 0.222 e. The second kappa shape index (κ2) is 8.90. The van der Waals surface area contributed by atoms with E-state index in [1.807, 2.05) is 17.0 Å². The summed E-state index contributed by atoms with van der Waals surface area (Å²) in [5.74, 6) is -0.325. The standard InChI is InChI=1S/C21H24F2N2O/c22-19-7-2-17(3-8-19)6-11-21(26)25-13-1-12-24(14-15-25)16-18-4-9-20(23)10-5-18/h2-5,7-10H,1,6,11-16H2. The van der Waals surface area contributed by atoms with E-state index in [1.165, 1.54) is 24.3 Å². The van der Waals surface area contributed by atoms with E-state index in [2.05, 4.69) is 4.90 Å². The Morgan fingerprint density at radius 2 is 1.42 bits per heavy atom. The van der Waals surface area contributed by atoms with Crippen LogP contribution in [0, 0.1) is 11.6 Å². The first kappa shape index (κ1) is 18.5. The Hall–Kier alpha value is -2.27. The van der Waals surface area contributed by atoms with E-state index >= 15 is 0 Å². The Balaban J connectivity index is 1.47. The first-order chi connectivity index (χ1) is 12.6. The van der Waals surface area contributed by atoms with Gasteiger partial charge in [0.2, 0.25) is 5.91 Å². The summed E-state index contributed by atoms with van der Waals surface area (Å²) in [6.07, 6.45) is 2.02. The van der Waals surface area contributed by atoms with Crippen LogP contribution >= 0.6 is 0 Å². The van der Waals surface area contributed by atoms with Crippen molar-refractivity contribution in [2.75, 3.05) is 26.2 Å². The minimum absolute atomic E-state index is 0.151. The monoisotopic (exact) mass is 358 g/mol. The van der Waals surface area contributed by atoms with E-state index in [0.29, 0.717) is 19.4 Å². The molecule has 2 aromatic rings. The average molecular weight is 358 g/mol. The summed E-state index contributed by atoms with van der Waals surface area (Å²) in [4.78, 5) is 16.7. The van der Waals surface area contributed by atoms with Crippen LogP contribution in [-0.2, 0) is 17.8 Å². The lowest BCUT2D eigenvalue weighted by atomic mass is 10.1. The van der Waals surface area contributed by atoms with Crippen LogP contribution in [0.2, 0.25) is 0 Å². The number of halogens is 2. The predicted octanol–water partition coefficient (Wildman–Crippen LogP) is 3.63. The molecule has 0 bridgehead atoms. The van der Waals surface area contributed by atoms with Crippen LogP contribution in [0.3, 0.4) is 0 Å². The molecule has 0 saturated carbocycles. The van der Waals surface area contributed by atoms with Crippen molar-refractivity contribution in [3.63, 3.8) is 0 Å². The van der Waals surface area contributed by atoms with Gasteiger partial charge in [0.1, 0.15) is 11.6 Å². The molecule has 3 rings (SSSR count). The van der Waals surface area contributed by atoms with Crippen molar-refractivity contribution in [3.05, 3.63) is 71.3 Å². The molecule has 138 valence electrons. The molecule has 1 amide bonds. The molecule has 1 heterocycles. The minimum Gasteiger partial charge on any atom is -0.341 e. The van der Waals surface area contributed by atoms with Crippen LogP contribution in [0.5, 0.6) is 0 Å². The van der Waals surface area contributed by atoms with Gasteiger partial charge in [0, 0.05) is 39.1 Å². The van der Waals surface area contributed by atoms with Crippen molar-refractivity contribution in [2.45, 2.75) is 25.8 Å². The fourth-order valence-corrected chi connectivity index (χ4v) is 3.29. The van der Waals surface area contributed by atoms with Gasteiger partial charge in [-0.2, -0.15) is 0 Å². The van der Waals surface area contributed by atoms with E-state index in [9.17, 15) is 13.6 Å². The number of rotatable bonds is 5. The van der Waals surface area contributed by atoms with Gasteiger partial charge in [-0.15, -0.1) is 0 Å². The molecule has 0 N–H and O–H groups in total. The summed E-state index contributed by atoms with van der Waals surface area (Å²) >= 11 is 0. The highest BCUT2D eigenvalue weighted by Gasteiger charge is 2.19. The number of amides is 1. The fraction of sp³-hybridized carbons (Fsp3) is 0.381. The third-order valence-electron chi connectivity index (χ3n) is 4.80. The maximum absolute atomic E-state index is 13.0. The van der Waals surface area contributed by atoms with Crippen molar-refractivity contribution in [1.29, 1.82) is 0 Å². The van der Waals surface area contributed by atoms with E-state index in [0.717, 1.165) is 43.7 Å². The molecule has 26 heavy (non-hydrogen) atoms. The molecule has 5 heteroatoms. The van der Waals surface area contributed by atoms with Crippen LogP contribution in [0.25, 0.3) is 0 Å². The minimum atomic E-state index is -0.256. The first-order valence-corrected chi connectivity index (χ1v) is 9.09. The third-order valence-corrected chi connectivity index (χ3v) is 4.80. The molecule has 1 fully saturated rings. The summed E-state index contributed by atoms with van der Waals surface area (Å²) in [6, 6.07) is 12.9. The van der Waals surface area contributed by atoms with E-state index in [-0.39, 0.29) is 17.5 Å². The maximum atomic E-state index is 13.0. The lowest BCUT2D eigenvalue weighted by Gasteiger charge is -2.22. The Morgan fingerprint density at radius 1 is 0.808 bits per heavy atom. The van der Waals surface area contributed by atoms with Gasteiger partial charge in [0.15, 0.2) is 0 Å². The zero-order chi connectivity index (χ0) is 18.4. The highest BCUT2D eigenvalue weighted by Crippen LogP contribution is 2.12. The van der Waals surface area contributed by atoms with E-state index in [4.69, 9.17) is 0 Å². The zero-order valence-corrected chi connectivity index (χ0v) is 14.8. The molecular weight excluding hydrogens is 334 g/mol. The van der Waals surface area contributed by atoms with Gasteiger partial charge >= 0.3 is 0 Å². The summed E-state index contributed by atoms with van der Waals surface area (Å²) < 4.78 is 25.9. The van der Waals surface area contributed by atoms with Crippen molar-refractivity contribution >= 4 is 5.91 Å². The molecule has 2 aromatic carbocycles. The molecule has 1 aliphatic heterocycles. The SMILES string of the molecule is O=C(CCc1ccc(F)cc1)N1CCCN(Cc2ccc(F)cc2)CC1. The van der Waals surface area contributed by atoms with Crippen molar-refractivity contribution in [1.82, 2.24) is 9.80 Å². The number of aryl methyl sites for hydroxylation is 1. The zero-order valence-electron chi connectivity index (χ0n) is 14.8. The van der Waals surface area contributed by atoms with Gasteiger partial charge in [-0.3, -0.25) is 9.69 Å². The highest BCUT2D eigenvalue weighted by atomic mass is 19.1. The predicted molar refractivity (Wildman–Crippen MR) is 97.6 cm³/mol. The summed E-state index contributed by atoms with van der Waals surface area (Å²) in [5.41, 5.74) is 2.06. The molecule has 0 aromatic heterocycles. The second-order valence-corrected chi connectivity index (χ2v) is 6.76. The number of carbonyl (C=O) groups is 1. The fourth-order valence-electron chi connectivity index (χ4n) is 3.29. The lowest BCUT2D eigenvalue weighted by Crippen LogP contribution is -2.35. The summed E-state index contributed by atoms with van der Waals surface area (Å²) in [5, 5.41) is 0. The van der Waals surface area contributed by atoms with Gasteiger partial charge in [-0.1, -0.05) is 24.3 Å². The molecule has 0 atom stereocenters. The quantitative estimate of drug-likeness (QED) is 0.815. The van der Waals surface area contributed by atoms with Crippen molar-refractivity contribution < 1.29 is 13.6 Å². The van der Waals surface area contributed by atoms with Gasteiger partial charge in [0.25, 0.3) is 0 Å². The molecule has 1 aliphatic rings. The maximum Gasteiger partial charge on any atom is 0.222 e. The first-order valence-electron chi connectivity index (χ1n) is 9.09. The van der Waals surface area contributed by atoms with Gasteiger partial charge < -0.3 is 4.90 Å². The largest absolute Gasteiger partial charge is 0.341 e. The van der Waals surface area contributed by atoms with Crippen LogP contribution in [0.1, 0.15) is 24.0 Å². The number of hydrogen-bond acceptors (Lipinski definition) is 2. The van der Waals surface area contributed by atoms with E-state index < -0.39 is 0 Å². The van der Waals surface area contributed by atoms with Crippen LogP contribution in [0.4, 0.5) is 8.78 Å². The molecule has 0 spiro atoms. The Bertz CT molecular complexity index is 716. The Kier molecular flexibility index (Phi) is 6.34. The highest BCUT2D eigenvalue weighted by molar-refractivity contribution is 5.76. The number of nitrogens with zero attached hydrogens (tertiary/aromatic N) is 2. The van der Waals surface area contributed by atoms with Gasteiger partial charge in [-0.25, -0.2) is 8.78 Å². The third kappa shape index (κ3) is 5.36. The Morgan fingerprint density at radius 3 is 2.08 bits per heavy atom. The van der Waals surface area contributed by atoms with Crippen LogP contribution in [0.15, 0.2) is 48.5 Å². The lowest BCUT2D eigenvalue weighted by molar-refractivity contribution is -0.131. The van der Waals surface area contributed by atoms with Crippen LogP contribution < -0.4 is 0 Å². The molecule has 1 saturated heterocycles. The molecule has 0 radical (unpaired) electrons. The summed E-state index contributed by atoms with van der Waals surface area (Å²) in [7, 11) is 0. The summed E-state index contributed by atoms with van der Waals surface area (Å²) in [6.45, 7) is 4.00. The molecule has 0 aliphatic carbocycles. The Labute approximate surface area is 153 Å². The molecular formula is C21H24F2N2O. The molecule has 3 nitrogen and oxygen atoms in total. The van der Waals surface area contributed by atoms with Crippen LogP contribution in [-0.4, -0.2) is 41.9 Å². The average Bonchev–Trinajstić information content (AvgIpc) is 2.88. The van der Waals surface area contributed by atoms with Gasteiger partial charge in [0.05, 0.1) is 0 Å². The molecule has 0 unspecified atom stereocenters. The van der Waals surface area contributed by atoms with E-state index in [1.54, 1.807) is 12.1 Å². The second-order valence-electron chi connectivity index (χ2n) is 6.76. The number of benzene rings is 2. The number of carbonyl (C=O) groups excluding carboxylic acids is 1. The topological polar surface area (TPSA) is 23.6 Å². The van der Waals surface area contributed by atoms with Crippen molar-refractivity contribution in [3.8, 4) is 0 Å².